The summed E-state index contributed by atoms with van der Waals surface area (Å²) in [5.74, 6) is 0. The van der Waals surface area contributed by atoms with E-state index in [2.05, 4.69) is 42.8 Å². The number of nitrogens with zero attached hydrogens (tertiary/aromatic N) is 1. The number of rotatable bonds is 3. The Morgan fingerprint density at radius 2 is 1.88 bits per heavy atom. The minimum Gasteiger partial charge on any atom is -0.748 e. The molecule has 0 N–H and O–H groups in total. The summed E-state index contributed by atoms with van der Waals surface area (Å²) in [7, 11) is -3.92. The Balaban J connectivity index is 0.000000385. The molecule has 0 spiro atoms. The van der Waals surface area contributed by atoms with Gasteiger partial charge in [-0.2, -0.15) is 0 Å². The van der Waals surface area contributed by atoms with Crippen molar-refractivity contribution < 1.29 is 17.5 Å². The van der Waals surface area contributed by atoms with Crippen LogP contribution in [0.3, 0.4) is 0 Å². The molecule has 1 aromatic heterocycles. The molecule has 0 aliphatic carbocycles. The Bertz CT molecular complexity index is 393. The summed E-state index contributed by atoms with van der Waals surface area (Å²) in [4.78, 5) is 0. The average Bonchev–Trinajstić information content (AvgIpc) is 2.16. The smallest absolute Gasteiger partial charge is 0.181 e. The molecule has 0 amide bonds. The van der Waals surface area contributed by atoms with Crippen LogP contribution < -0.4 is 4.57 Å². The minimum atomic E-state index is -3.92. The zero-order valence-corrected chi connectivity index (χ0v) is 10.8. The van der Waals surface area contributed by atoms with Gasteiger partial charge in [-0.3, -0.25) is 0 Å². The Kier molecular flexibility index (Phi) is 6.92. The van der Waals surface area contributed by atoms with Gasteiger partial charge in [0.15, 0.2) is 11.9 Å². The van der Waals surface area contributed by atoms with Gasteiger partial charge in [-0.1, -0.05) is 19.9 Å². The standard InChI is InChI=1S/C10H16N.CH4O3S/c1-3-8-11-9-6-5-7-10(11)4-2;1-5(2,3)4/h5-7,9H,3-4,8H2,1-2H3;1H3,(H,2,3,4)/q+1;/p-1. The molecule has 0 saturated heterocycles. The Morgan fingerprint density at radius 1 is 1.31 bits per heavy atom. The number of aromatic nitrogens is 1. The minimum absolute atomic E-state index is 0.604. The van der Waals surface area contributed by atoms with Crippen LogP contribution in [0.25, 0.3) is 0 Å². The summed E-state index contributed by atoms with van der Waals surface area (Å²) in [5.41, 5.74) is 1.43. The van der Waals surface area contributed by atoms with Gasteiger partial charge in [-0.25, -0.2) is 13.0 Å². The van der Waals surface area contributed by atoms with E-state index in [0.29, 0.717) is 6.26 Å². The monoisotopic (exact) mass is 245 g/mol. The molecule has 4 nitrogen and oxygen atoms in total. The van der Waals surface area contributed by atoms with Crippen molar-refractivity contribution in [2.75, 3.05) is 6.26 Å². The average molecular weight is 245 g/mol. The first kappa shape index (κ1) is 15.1. The van der Waals surface area contributed by atoms with E-state index >= 15 is 0 Å². The van der Waals surface area contributed by atoms with E-state index in [0.717, 1.165) is 13.0 Å². The van der Waals surface area contributed by atoms with Gasteiger partial charge in [0.25, 0.3) is 0 Å². The molecule has 0 aromatic carbocycles. The lowest BCUT2D eigenvalue weighted by molar-refractivity contribution is -0.704. The zero-order chi connectivity index (χ0) is 12.6. The summed E-state index contributed by atoms with van der Waals surface area (Å²) in [6.07, 6.45) is 5.10. The quantitative estimate of drug-likeness (QED) is 0.592. The van der Waals surface area contributed by atoms with Gasteiger partial charge in [0.2, 0.25) is 0 Å². The highest BCUT2D eigenvalue weighted by Crippen LogP contribution is 1.92. The molecular weight excluding hydrogens is 226 g/mol. The summed E-state index contributed by atoms with van der Waals surface area (Å²) < 4.78 is 29.5. The van der Waals surface area contributed by atoms with Crippen molar-refractivity contribution in [3.05, 3.63) is 30.1 Å². The third kappa shape index (κ3) is 8.38. The van der Waals surface area contributed by atoms with Crippen LogP contribution in [0.15, 0.2) is 24.4 Å². The van der Waals surface area contributed by atoms with E-state index in [4.69, 9.17) is 13.0 Å². The lowest BCUT2D eigenvalue weighted by Gasteiger charge is -1.98. The van der Waals surface area contributed by atoms with Crippen molar-refractivity contribution >= 4 is 10.1 Å². The van der Waals surface area contributed by atoms with E-state index in [-0.39, 0.29) is 0 Å². The van der Waals surface area contributed by atoms with Crippen LogP contribution in [0.2, 0.25) is 0 Å². The molecule has 0 saturated carbocycles. The molecule has 0 aliphatic rings. The molecule has 0 atom stereocenters. The molecule has 0 unspecified atom stereocenters. The van der Waals surface area contributed by atoms with Gasteiger partial charge in [0.1, 0.15) is 6.54 Å². The van der Waals surface area contributed by atoms with Crippen molar-refractivity contribution in [1.29, 1.82) is 0 Å². The summed E-state index contributed by atoms with van der Waals surface area (Å²) in [6.45, 7) is 5.55. The summed E-state index contributed by atoms with van der Waals surface area (Å²) in [5, 5.41) is 0. The molecule has 5 heteroatoms. The Morgan fingerprint density at radius 3 is 2.31 bits per heavy atom. The van der Waals surface area contributed by atoms with Gasteiger partial charge in [-0.15, -0.1) is 0 Å². The summed E-state index contributed by atoms with van der Waals surface area (Å²) >= 11 is 0. The molecule has 0 fully saturated rings. The molecule has 1 heterocycles. The molecule has 1 aromatic rings. The molecule has 0 aliphatic heterocycles. The highest BCUT2D eigenvalue weighted by molar-refractivity contribution is 7.84. The highest BCUT2D eigenvalue weighted by Gasteiger charge is 2.03. The third-order valence-electron chi connectivity index (χ3n) is 1.86. The first-order chi connectivity index (χ1) is 7.38. The van der Waals surface area contributed by atoms with Crippen molar-refractivity contribution in [3.63, 3.8) is 0 Å². The van der Waals surface area contributed by atoms with Gasteiger partial charge in [-0.05, 0) is 0 Å². The van der Waals surface area contributed by atoms with Crippen molar-refractivity contribution in [3.8, 4) is 0 Å². The van der Waals surface area contributed by atoms with Crippen LogP contribution >= 0.6 is 0 Å². The van der Waals surface area contributed by atoms with Crippen molar-refractivity contribution in [2.24, 2.45) is 0 Å². The number of pyridine rings is 1. The predicted molar refractivity (Wildman–Crippen MR) is 61.9 cm³/mol. The maximum Gasteiger partial charge on any atom is 0.181 e. The predicted octanol–water partition coefficient (Wildman–Crippen LogP) is 1.11. The van der Waals surface area contributed by atoms with E-state index in [1.54, 1.807) is 0 Å². The molecule has 0 radical (unpaired) electrons. The van der Waals surface area contributed by atoms with Crippen LogP contribution in [0.5, 0.6) is 0 Å². The molecule has 16 heavy (non-hydrogen) atoms. The SMILES string of the molecule is CCC[n+]1ccccc1CC.CS(=O)(=O)[O-]. The lowest BCUT2D eigenvalue weighted by Crippen LogP contribution is -2.37. The Labute approximate surface area is 97.7 Å². The van der Waals surface area contributed by atoms with Gasteiger partial charge in [0.05, 0.1) is 10.1 Å². The Hall–Kier alpha value is -0.940. The first-order valence-electron chi connectivity index (χ1n) is 5.26. The molecular formula is C11H19NO3S. The van der Waals surface area contributed by atoms with Crippen LogP contribution in [-0.4, -0.2) is 19.2 Å². The van der Waals surface area contributed by atoms with Crippen LogP contribution in [-0.2, 0) is 23.1 Å². The maximum absolute atomic E-state index is 9.08. The van der Waals surface area contributed by atoms with Gasteiger partial charge in [0, 0.05) is 31.2 Å². The van der Waals surface area contributed by atoms with Crippen LogP contribution in [0.4, 0.5) is 0 Å². The van der Waals surface area contributed by atoms with E-state index in [1.807, 2.05) is 0 Å². The fourth-order valence-electron chi connectivity index (χ4n) is 1.29. The molecule has 1 rings (SSSR count). The first-order valence-corrected chi connectivity index (χ1v) is 7.08. The second-order valence-corrected chi connectivity index (χ2v) is 4.85. The normalized spacial score (nSPS) is 10.5. The maximum atomic E-state index is 9.08. The van der Waals surface area contributed by atoms with Gasteiger partial charge < -0.3 is 4.55 Å². The van der Waals surface area contributed by atoms with E-state index in [9.17, 15) is 0 Å². The molecule has 0 bridgehead atoms. The highest BCUT2D eigenvalue weighted by atomic mass is 32.2. The van der Waals surface area contributed by atoms with Crippen LogP contribution in [0.1, 0.15) is 26.0 Å². The number of hydrogen-bond acceptors (Lipinski definition) is 3. The van der Waals surface area contributed by atoms with E-state index < -0.39 is 10.1 Å². The second kappa shape index (κ2) is 7.35. The lowest BCUT2D eigenvalue weighted by atomic mass is 10.3. The summed E-state index contributed by atoms with van der Waals surface area (Å²) in [6, 6.07) is 6.38. The number of aryl methyl sites for hydroxylation is 2. The fourth-order valence-corrected chi connectivity index (χ4v) is 1.29. The van der Waals surface area contributed by atoms with E-state index in [1.165, 1.54) is 12.1 Å². The number of hydrogen-bond donors (Lipinski definition) is 0. The second-order valence-electron chi connectivity index (χ2n) is 3.44. The van der Waals surface area contributed by atoms with Crippen LogP contribution in [0, 0.1) is 0 Å². The van der Waals surface area contributed by atoms with Crippen molar-refractivity contribution in [1.82, 2.24) is 0 Å². The fraction of sp³-hybridized carbons (Fsp3) is 0.545. The van der Waals surface area contributed by atoms with Gasteiger partial charge >= 0.3 is 0 Å². The van der Waals surface area contributed by atoms with Crippen molar-refractivity contribution in [2.45, 2.75) is 33.2 Å². The molecule has 92 valence electrons. The topological polar surface area (TPSA) is 61.1 Å². The zero-order valence-electron chi connectivity index (χ0n) is 10.0. The third-order valence-corrected chi connectivity index (χ3v) is 1.86. The largest absolute Gasteiger partial charge is 0.748 e.